The van der Waals surface area contributed by atoms with E-state index in [1.54, 1.807) is 9.36 Å². The van der Waals surface area contributed by atoms with E-state index in [4.69, 9.17) is 5.11 Å². The molecule has 0 radical (unpaired) electrons. The van der Waals surface area contributed by atoms with Crippen molar-refractivity contribution in [3.05, 3.63) is 29.8 Å². The van der Waals surface area contributed by atoms with Crippen molar-refractivity contribution >= 4 is 5.97 Å². The third-order valence-corrected chi connectivity index (χ3v) is 3.20. The van der Waals surface area contributed by atoms with E-state index in [9.17, 15) is 4.79 Å². The van der Waals surface area contributed by atoms with E-state index in [0.717, 1.165) is 25.3 Å². The van der Waals surface area contributed by atoms with Gasteiger partial charge in [-0.3, -0.25) is 9.58 Å². The molecular formula is C11H14N6O2. The van der Waals surface area contributed by atoms with Crippen molar-refractivity contribution in [1.82, 2.24) is 29.7 Å². The standard InChI is InChI=1S/C11H14N6O2/c1-15-3-2-8(13-15)4-16-5-9(6-16)17-7-10(11(18)19)12-14-17/h2-3,7,9H,4-6H2,1H3,(H,18,19). The zero-order valence-electron chi connectivity index (χ0n) is 10.5. The van der Waals surface area contributed by atoms with Crippen LogP contribution in [0.1, 0.15) is 22.2 Å². The molecule has 0 saturated carbocycles. The van der Waals surface area contributed by atoms with Gasteiger partial charge in [-0.05, 0) is 6.07 Å². The van der Waals surface area contributed by atoms with Gasteiger partial charge in [0.25, 0.3) is 0 Å². The summed E-state index contributed by atoms with van der Waals surface area (Å²) in [5.74, 6) is -1.05. The Morgan fingerprint density at radius 3 is 2.89 bits per heavy atom. The second-order valence-corrected chi connectivity index (χ2v) is 4.72. The fourth-order valence-electron chi connectivity index (χ4n) is 2.17. The van der Waals surface area contributed by atoms with E-state index >= 15 is 0 Å². The number of carbonyl (C=O) groups is 1. The summed E-state index contributed by atoms with van der Waals surface area (Å²) in [6, 6.07) is 2.19. The minimum Gasteiger partial charge on any atom is -0.476 e. The third kappa shape index (κ3) is 2.34. The van der Waals surface area contributed by atoms with Crippen molar-refractivity contribution in [3.63, 3.8) is 0 Å². The molecule has 0 aliphatic carbocycles. The number of carboxylic acids is 1. The van der Waals surface area contributed by atoms with Gasteiger partial charge in [0.1, 0.15) is 0 Å². The number of rotatable bonds is 4. The molecule has 100 valence electrons. The van der Waals surface area contributed by atoms with Crippen molar-refractivity contribution in [1.29, 1.82) is 0 Å². The van der Waals surface area contributed by atoms with E-state index in [1.165, 1.54) is 6.20 Å². The molecule has 19 heavy (non-hydrogen) atoms. The Bertz CT molecular complexity index is 598. The maximum absolute atomic E-state index is 10.7. The maximum Gasteiger partial charge on any atom is 0.358 e. The number of hydrogen-bond acceptors (Lipinski definition) is 5. The molecule has 8 heteroatoms. The van der Waals surface area contributed by atoms with E-state index in [-0.39, 0.29) is 11.7 Å². The first-order valence-corrected chi connectivity index (χ1v) is 5.98. The van der Waals surface area contributed by atoms with Gasteiger partial charge >= 0.3 is 5.97 Å². The molecule has 2 aromatic heterocycles. The number of aromatic nitrogens is 5. The lowest BCUT2D eigenvalue weighted by atomic mass is 10.1. The van der Waals surface area contributed by atoms with Crippen molar-refractivity contribution < 1.29 is 9.90 Å². The summed E-state index contributed by atoms with van der Waals surface area (Å²) in [4.78, 5) is 12.9. The first-order chi connectivity index (χ1) is 9.11. The second-order valence-electron chi connectivity index (χ2n) is 4.72. The fourth-order valence-corrected chi connectivity index (χ4v) is 2.17. The summed E-state index contributed by atoms with van der Waals surface area (Å²) in [6.07, 6.45) is 3.40. The lowest BCUT2D eigenvalue weighted by Crippen LogP contribution is -2.47. The Hall–Kier alpha value is -2.22. The lowest BCUT2D eigenvalue weighted by molar-refractivity contribution is 0.0690. The van der Waals surface area contributed by atoms with E-state index in [0.29, 0.717) is 0 Å². The zero-order valence-corrected chi connectivity index (χ0v) is 10.5. The van der Waals surface area contributed by atoms with Gasteiger partial charge in [0, 0.05) is 32.9 Å². The normalized spacial score (nSPS) is 16.5. The largest absolute Gasteiger partial charge is 0.476 e. The molecule has 1 aliphatic rings. The van der Waals surface area contributed by atoms with Crippen molar-refractivity contribution in [2.24, 2.45) is 7.05 Å². The van der Waals surface area contributed by atoms with Gasteiger partial charge in [-0.1, -0.05) is 5.21 Å². The molecule has 3 heterocycles. The van der Waals surface area contributed by atoms with E-state index < -0.39 is 5.97 Å². The van der Waals surface area contributed by atoms with E-state index in [1.807, 2.05) is 19.3 Å². The molecule has 0 aromatic carbocycles. The van der Waals surface area contributed by atoms with Crippen LogP contribution in [-0.4, -0.2) is 53.8 Å². The molecule has 0 unspecified atom stereocenters. The van der Waals surface area contributed by atoms with Crippen LogP contribution in [0.2, 0.25) is 0 Å². The Kier molecular flexibility index (Phi) is 2.79. The summed E-state index contributed by atoms with van der Waals surface area (Å²) >= 11 is 0. The highest BCUT2D eigenvalue weighted by atomic mass is 16.4. The zero-order chi connectivity index (χ0) is 13.4. The highest BCUT2D eigenvalue weighted by Gasteiger charge is 2.30. The van der Waals surface area contributed by atoms with Crippen LogP contribution in [0.15, 0.2) is 18.5 Å². The van der Waals surface area contributed by atoms with Crippen LogP contribution in [0.5, 0.6) is 0 Å². The number of hydrogen-bond donors (Lipinski definition) is 1. The molecule has 8 nitrogen and oxygen atoms in total. The average Bonchev–Trinajstić information content (AvgIpc) is 2.91. The highest BCUT2D eigenvalue weighted by Crippen LogP contribution is 2.21. The summed E-state index contributed by atoms with van der Waals surface area (Å²) < 4.78 is 3.40. The van der Waals surface area contributed by atoms with Gasteiger partial charge in [0.05, 0.1) is 17.9 Å². The highest BCUT2D eigenvalue weighted by molar-refractivity contribution is 5.84. The van der Waals surface area contributed by atoms with Gasteiger partial charge in [0.2, 0.25) is 0 Å². The topological polar surface area (TPSA) is 89.1 Å². The monoisotopic (exact) mass is 262 g/mol. The van der Waals surface area contributed by atoms with Gasteiger partial charge in [-0.25, -0.2) is 9.48 Å². The van der Waals surface area contributed by atoms with Crippen LogP contribution < -0.4 is 0 Å². The lowest BCUT2D eigenvalue weighted by Gasteiger charge is -2.38. The smallest absolute Gasteiger partial charge is 0.358 e. The molecule has 0 bridgehead atoms. The molecule has 1 aliphatic heterocycles. The van der Waals surface area contributed by atoms with Crippen LogP contribution >= 0.6 is 0 Å². The van der Waals surface area contributed by atoms with Crippen LogP contribution in [0.3, 0.4) is 0 Å². The number of aromatic carboxylic acids is 1. The Morgan fingerprint density at radius 1 is 1.53 bits per heavy atom. The van der Waals surface area contributed by atoms with Gasteiger partial charge < -0.3 is 5.11 Å². The van der Waals surface area contributed by atoms with Crippen LogP contribution in [0.25, 0.3) is 0 Å². The SMILES string of the molecule is Cn1ccc(CN2CC(n3cc(C(=O)O)nn3)C2)n1. The minimum absolute atomic E-state index is 0.0109. The predicted molar refractivity (Wildman–Crippen MR) is 64.5 cm³/mol. The van der Waals surface area contributed by atoms with Crippen LogP contribution in [-0.2, 0) is 13.6 Å². The van der Waals surface area contributed by atoms with Crippen molar-refractivity contribution in [3.8, 4) is 0 Å². The van der Waals surface area contributed by atoms with Crippen LogP contribution in [0.4, 0.5) is 0 Å². The quantitative estimate of drug-likeness (QED) is 0.818. The molecule has 1 saturated heterocycles. The van der Waals surface area contributed by atoms with Gasteiger partial charge in [-0.2, -0.15) is 5.10 Å². The maximum atomic E-state index is 10.7. The summed E-state index contributed by atoms with van der Waals surface area (Å²) in [6.45, 7) is 2.47. The first-order valence-electron chi connectivity index (χ1n) is 5.98. The number of nitrogens with zero attached hydrogens (tertiary/aromatic N) is 6. The number of carboxylic acid groups (broad SMARTS) is 1. The molecule has 0 atom stereocenters. The molecule has 3 rings (SSSR count). The van der Waals surface area contributed by atoms with Crippen LogP contribution in [0, 0.1) is 0 Å². The second kappa shape index (κ2) is 4.47. The Labute approximate surface area is 109 Å². The van der Waals surface area contributed by atoms with E-state index in [2.05, 4.69) is 20.3 Å². The van der Waals surface area contributed by atoms with Crippen molar-refractivity contribution in [2.45, 2.75) is 12.6 Å². The third-order valence-electron chi connectivity index (χ3n) is 3.20. The first kappa shape index (κ1) is 11.8. The van der Waals surface area contributed by atoms with Gasteiger partial charge in [-0.15, -0.1) is 5.10 Å². The van der Waals surface area contributed by atoms with Crippen molar-refractivity contribution in [2.75, 3.05) is 13.1 Å². The average molecular weight is 262 g/mol. The minimum atomic E-state index is -1.05. The Balaban J connectivity index is 1.55. The molecule has 1 N–H and O–H groups in total. The molecular weight excluding hydrogens is 248 g/mol. The molecule has 0 amide bonds. The molecule has 1 fully saturated rings. The number of likely N-dealkylation sites (tertiary alicyclic amines) is 1. The number of aryl methyl sites for hydroxylation is 1. The molecule has 0 spiro atoms. The fraction of sp³-hybridized carbons (Fsp3) is 0.455. The predicted octanol–water partition coefficient (Wildman–Crippen LogP) is -0.233. The summed E-state index contributed by atoms with van der Waals surface area (Å²) in [7, 11) is 1.89. The van der Waals surface area contributed by atoms with Gasteiger partial charge in [0.15, 0.2) is 5.69 Å². The summed E-state index contributed by atoms with van der Waals surface area (Å²) in [5, 5.41) is 20.6. The Morgan fingerprint density at radius 2 is 2.32 bits per heavy atom. The summed E-state index contributed by atoms with van der Waals surface area (Å²) in [5.41, 5.74) is 1.02. The molecule has 2 aromatic rings.